The number of imidazole rings is 1. The molecule has 0 unspecified atom stereocenters. The Morgan fingerprint density at radius 2 is 1.67 bits per heavy atom. The molecule has 3 aromatic rings. The van der Waals surface area contributed by atoms with E-state index in [0.717, 1.165) is 5.56 Å². The summed E-state index contributed by atoms with van der Waals surface area (Å²) in [4.78, 5) is 45.8. The highest BCUT2D eigenvalue weighted by Crippen LogP contribution is 2.23. The van der Waals surface area contributed by atoms with Crippen LogP contribution in [0.4, 0.5) is 0 Å². The SMILES string of the molecule is Cc1ccc2nc(C(=O)ON3C(=O)c4ccccc4C3=O)cn2c1. The van der Waals surface area contributed by atoms with Gasteiger partial charge in [-0.05, 0) is 30.7 Å². The molecule has 0 saturated carbocycles. The third kappa shape index (κ3) is 2.06. The second-order valence-electron chi connectivity index (χ2n) is 5.43. The number of nitrogens with zero attached hydrogens (tertiary/aromatic N) is 3. The minimum Gasteiger partial charge on any atom is -0.322 e. The molecule has 0 N–H and O–H groups in total. The third-order valence-electron chi connectivity index (χ3n) is 3.74. The fourth-order valence-electron chi connectivity index (χ4n) is 2.58. The lowest BCUT2D eigenvalue weighted by Gasteiger charge is -2.11. The molecule has 1 aliphatic rings. The number of benzene rings is 1. The number of hydrogen-bond donors (Lipinski definition) is 0. The highest BCUT2D eigenvalue weighted by atomic mass is 16.7. The van der Waals surface area contributed by atoms with Crippen LogP contribution in [0, 0.1) is 6.92 Å². The molecular weight excluding hydrogens is 310 g/mol. The minimum absolute atomic E-state index is 0.0113. The quantitative estimate of drug-likeness (QED) is 0.674. The lowest BCUT2D eigenvalue weighted by molar-refractivity contribution is -0.0588. The van der Waals surface area contributed by atoms with Gasteiger partial charge in [0.1, 0.15) is 5.65 Å². The van der Waals surface area contributed by atoms with E-state index < -0.39 is 17.8 Å². The first-order valence-electron chi connectivity index (χ1n) is 7.20. The summed E-state index contributed by atoms with van der Waals surface area (Å²) in [6.45, 7) is 1.91. The number of aryl methyl sites for hydroxylation is 1. The molecule has 0 fully saturated rings. The topological polar surface area (TPSA) is 81.0 Å². The van der Waals surface area contributed by atoms with Gasteiger partial charge in [0, 0.05) is 12.4 Å². The summed E-state index contributed by atoms with van der Waals surface area (Å²) in [5.41, 5.74) is 1.99. The van der Waals surface area contributed by atoms with Crippen molar-refractivity contribution in [3.05, 3.63) is 71.2 Å². The largest absolute Gasteiger partial charge is 0.383 e. The zero-order chi connectivity index (χ0) is 16.8. The zero-order valence-corrected chi connectivity index (χ0v) is 12.6. The Labute approximate surface area is 136 Å². The van der Waals surface area contributed by atoms with Gasteiger partial charge < -0.3 is 9.24 Å². The lowest BCUT2D eigenvalue weighted by Crippen LogP contribution is -2.32. The Balaban J connectivity index is 1.62. The first-order chi connectivity index (χ1) is 11.5. The summed E-state index contributed by atoms with van der Waals surface area (Å²) in [5.74, 6) is -2.20. The molecule has 0 radical (unpaired) electrons. The van der Waals surface area contributed by atoms with Crippen molar-refractivity contribution in [2.24, 2.45) is 0 Å². The molecule has 7 heteroatoms. The van der Waals surface area contributed by atoms with Crippen molar-refractivity contribution in [1.82, 2.24) is 14.4 Å². The number of carbonyl (C=O) groups excluding carboxylic acids is 3. The molecule has 2 aromatic heterocycles. The second-order valence-corrected chi connectivity index (χ2v) is 5.43. The number of carbonyl (C=O) groups is 3. The van der Waals surface area contributed by atoms with Crippen molar-refractivity contribution in [2.45, 2.75) is 6.92 Å². The normalized spacial score (nSPS) is 13.5. The monoisotopic (exact) mass is 321 g/mol. The average molecular weight is 321 g/mol. The van der Waals surface area contributed by atoms with Gasteiger partial charge in [-0.3, -0.25) is 9.59 Å². The number of hydrogen-bond acceptors (Lipinski definition) is 5. The highest BCUT2D eigenvalue weighted by Gasteiger charge is 2.39. The molecule has 0 bridgehead atoms. The van der Waals surface area contributed by atoms with Crippen molar-refractivity contribution in [2.75, 3.05) is 0 Å². The molecule has 0 saturated heterocycles. The van der Waals surface area contributed by atoms with E-state index in [1.54, 1.807) is 28.8 Å². The van der Waals surface area contributed by atoms with Gasteiger partial charge in [0.15, 0.2) is 5.69 Å². The van der Waals surface area contributed by atoms with Gasteiger partial charge in [-0.15, -0.1) is 0 Å². The predicted octanol–water partition coefficient (Wildman–Crippen LogP) is 2.01. The van der Waals surface area contributed by atoms with Crippen molar-refractivity contribution < 1.29 is 19.2 Å². The average Bonchev–Trinajstić information content (AvgIpc) is 3.10. The summed E-state index contributed by atoms with van der Waals surface area (Å²) in [7, 11) is 0. The molecule has 1 aliphatic heterocycles. The number of fused-ring (bicyclic) bond motifs is 2. The second kappa shape index (κ2) is 5.02. The number of amides is 2. The third-order valence-corrected chi connectivity index (χ3v) is 3.74. The molecule has 2 amide bonds. The van der Waals surface area contributed by atoms with E-state index in [-0.39, 0.29) is 16.8 Å². The van der Waals surface area contributed by atoms with Gasteiger partial charge in [-0.25, -0.2) is 9.78 Å². The van der Waals surface area contributed by atoms with E-state index >= 15 is 0 Å². The molecule has 0 aliphatic carbocycles. The highest BCUT2D eigenvalue weighted by molar-refractivity contribution is 6.21. The maximum atomic E-state index is 12.3. The molecule has 1 aromatic carbocycles. The van der Waals surface area contributed by atoms with Crippen molar-refractivity contribution in [3.8, 4) is 0 Å². The first-order valence-corrected chi connectivity index (χ1v) is 7.20. The van der Waals surface area contributed by atoms with E-state index in [4.69, 9.17) is 4.84 Å². The fraction of sp³-hybridized carbons (Fsp3) is 0.0588. The van der Waals surface area contributed by atoms with Gasteiger partial charge in [0.2, 0.25) is 0 Å². The summed E-state index contributed by atoms with van der Waals surface area (Å²) >= 11 is 0. The van der Waals surface area contributed by atoms with Crippen LogP contribution >= 0.6 is 0 Å². The van der Waals surface area contributed by atoms with Gasteiger partial charge >= 0.3 is 5.97 Å². The van der Waals surface area contributed by atoms with Crippen LogP contribution in [0.15, 0.2) is 48.8 Å². The maximum absolute atomic E-state index is 12.3. The summed E-state index contributed by atoms with van der Waals surface area (Å²) < 4.78 is 1.67. The Morgan fingerprint density at radius 1 is 1.00 bits per heavy atom. The standard InChI is InChI=1S/C17H11N3O4/c1-10-6-7-14-18-13(9-19(14)8-10)17(23)24-20-15(21)11-4-2-3-5-12(11)16(20)22/h2-9H,1H3. The number of rotatable bonds is 2. The predicted molar refractivity (Wildman–Crippen MR) is 82.3 cm³/mol. The van der Waals surface area contributed by atoms with Crippen LogP contribution in [0.1, 0.15) is 36.8 Å². The minimum atomic E-state index is -0.870. The Hall–Kier alpha value is -3.48. The molecule has 4 rings (SSSR count). The van der Waals surface area contributed by atoms with Crippen LogP contribution in [0.25, 0.3) is 5.65 Å². The summed E-state index contributed by atoms with van der Waals surface area (Å²) in [5, 5.41) is 0.474. The van der Waals surface area contributed by atoms with Gasteiger partial charge in [0.05, 0.1) is 11.1 Å². The molecule has 0 spiro atoms. The number of imide groups is 1. The van der Waals surface area contributed by atoms with Crippen LogP contribution in [0.2, 0.25) is 0 Å². The fourth-order valence-corrected chi connectivity index (χ4v) is 2.58. The smallest absolute Gasteiger partial charge is 0.322 e. The molecule has 24 heavy (non-hydrogen) atoms. The van der Waals surface area contributed by atoms with Crippen LogP contribution in [0.3, 0.4) is 0 Å². The van der Waals surface area contributed by atoms with Gasteiger partial charge in [-0.1, -0.05) is 23.3 Å². The van der Waals surface area contributed by atoms with E-state index in [0.29, 0.717) is 10.7 Å². The van der Waals surface area contributed by atoms with Crippen LogP contribution in [-0.2, 0) is 4.84 Å². The van der Waals surface area contributed by atoms with Crippen molar-refractivity contribution >= 4 is 23.4 Å². The summed E-state index contributed by atoms with van der Waals surface area (Å²) in [6, 6.07) is 9.92. The molecule has 7 nitrogen and oxygen atoms in total. The van der Waals surface area contributed by atoms with E-state index in [1.165, 1.54) is 18.3 Å². The van der Waals surface area contributed by atoms with Gasteiger partial charge in [0.25, 0.3) is 11.8 Å². The van der Waals surface area contributed by atoms with E-state index in [2.05, 4.69) is 4.98 Å². The number of pyridine rings is 1. The molecular formula is C17H11N3O4. The lowest BCUT2D eigenvalue weighted by atomic mass is 10.1. The van der Waals surface area contributed by atoms with Crippen LogP contribution in [-0.4, -0.2) is 32.2 Å². The number of hydroxylamine groups is 2. The summed E-state index contributed by atoms with van der Waals surface area (Å²) in [6.07, 6.45) is 3.30. The van der Waals surface area contributed by atoms with Crippen LogP contribution < -0.4 is 0 Å². The Kier molecular flexibility index (Phi) is 2.96. The van der Waals surface area contributed by atoms with Gasteiger partial charge in [-0.2, -0.15) is 0 Å². The van der Waals surface area contributed by atoms with Crippen molar-refractivity contribution in [3.63, 3.8) is 0 Å². The van der Waals surface area contributed by atoms with E-state index in [1.807, 2.05) is 13.0 Å². The van der Waals surface area contributed by atoms with Crippen LogP contribution in [0.5, 0.6) is 0 Å². The zero-order valence-electron chi connectivity index (χ0n) is 12.6. The first kappa shape index (κ1) is 14.1. The maximum Gasteiger partial charge on any atom is 0.383 e. The molecule has 0 atom stereocenters. The Morgan fingerprint density at radius 3 is 2.33 bits per heavy atom. The Bertz CT molecular complexity index is 987. The molecule has 118 valence electrons. The molecule has 3 heterocycles. The number of aromatic nitrogens is 2. The van der Waals surface area contributed by atoms with Crippen molar-refractivity contribution in [1.29, 1.82) is 0 Å². The van der Waals surface area contributed by atoms with E-state index in [9.17, 15) is 14.4 Å².